The van der Waals surface area contributed by atoms with Crippen LogP contribution in [0.2, 0.25) is 0 Å². The van der Waals surface area contributed by atoms with Gasteiger partial charge in [0, 0.05) is 29.6 Å². The molecule has 1 aromatic heterocycles. The quantitative estimate of drug-likeness (QED) is 0.853. The first-order valence-corrected chi connectivity index (χ1v) is 10.0. The molecule has 0 saturated carbocycles. The Bertz CT molecular complexity index is 542. The minimum absolute atomic E-state index is 0.0603. The Morgan fingerprint density at radius 3 is 2.85 bits per heavy atom. The molecule has 7 heteroatoms. The van der Waals surface area contributed by atoms with Crippen LogP contribution in [0.15, 0.2) is 20.1 Å². The van der Waals surface area contributed by atoms with Gasteiger partial charge in [0.1, 0.15) is 4.21 Å². The van der Waals surface area contributed by atoms with Crippen LogP contribution in [0.1, 0.15) is 33.1 Å². The fourth-order valence-corrected chi connectivity index (χ4v) is 6.56. The summed E-state index contributed by atoms with van der Waals surface area (Å²) in [6.45, 7) is 5.51. The van der Waals surface area contributed by atoms with E-state index in [1.54, 1.807) is 10.4 Å². The van der Waals surface area contributed by atoms with Crippen LogP contribution in [0.3, 0.4) is 0 Å². The Morgan fingerprint density at radius 1 is 1.50 bits per heavy atom. The summed E-state index contributed by atoms with van der Waals surface area (Å²) in [5, 5.41) is 5.17. The number of halogens is 1. The lowest BCUT2D eigenvalue weighted by molar-refractivity contribution is 0.242. The van der Waals surface area contributed by atoms with Crippen molar-refractivity contribution in [2.45, 2.75) is 49.4 Å². The van der Waals surface area contributed by atoms with Crippen LogP contribution in [-0.2, 0) is 10.0 Å². The van der Waals surface area contributed by atoms with Crippen LogP contribution >= 0.6 is 27.3 Å². The zero-order chi connectivity index (χ0) is 14.8. The van der Waals surface area contributed by atoms with Gasteiger partial charge in [-0.15, -0.1) is 11.3 Å². The highest BCUT2D eigenvalue weighted by Gasteiger charge is 2.35. The van der Waals surface area contributed by atoms with Crippen molar-refractivity contribution in [3.63, 3.8) is 0 Å². The number of nitrogens with one attached hydrogen (secondary N) is 1. The normalized spacial score (nSPS) is 21.5. The molecule has 4 nitrogen and oxygen atoms in total. The summed E-state index contributed by atoms with van der Waals surface area (Å²) < 4.78 is 28.4. The largest absolute Gasteiger partial charge is 0.313 e. The van der Waals surface area contributed by atoms with Gasteiger partial charge in [-0.3, -0.25) is 0 Å². The maximum absolute atomic E-state index is 12.8. The van der Waals surface area contributed by atoms with Crippen molar-refractivity contribution < 1.29 is 8.42 Å². The fourth-order valence-electron chi connectivity index (χ4n) is 2.44. The summed E-state index contributed by atoms with van der Waals surface area (Å²) in [4.78, 5) is 0. The highest BCUT2D eigenvalue weighted by atomic mass is 79.9. The summed E-state index contributed by atoms with van der Waals surface area (Å²) in [6, 6.07) is 2.23. The van der Waals surface area contributed by atoms with E-state index < -0.39 is 10.0 Å². The minimum atomic E-state index is -3.38. The van der Waals surface area contributed by atoms with Gasteiger partial charge < -0.3 is 5.32 Å². The van der Waals surface area contributed by atoms with E-state index in [-0.39, 0.29) is 6.04 Å². The van der Waals surface area contributed by atoms with E-state index in [1.165, 1.54) is 11.3 Å². The second-order valence-electron chi connectivity index (χ2n) is 5.38. The fraction of sp³-hybridized carbons (Fsp3) is 0.692. The second-order valence-corrected chi connectivity index (χ2v) is 9.24. The van der Waals surface area contributed by atoms with Gasteiger partial charge in [0.25, 0.3) is 10.0 Å². The molecule has 1 atom stereocenters. The number of thiophene rings is 1. The summed E-state index contributed by atoms with van der Waals surface area (Å²) >= 11 is 4.62. The highest BCUT2D eigenvalue weighted by Crippen LogP contribution is 2.33. The molecule has 1 saturated heterocycles. The molecule has 0 aromatic carbocycles. The smallest absolute Gasteiger partial charge is 0.253 e. The predicted molar refractivity (Wildman–Crippen MR) is 86.7 cm³/mol. The van der Waals surface area contributed by atoms with Crippen LogP contribution in [0.5, 0.6) is 0 Å². The Labute approximate surface area is 133 Å². The van der Waals surface area contributed by atoms with E-state index in [4.69, 9.17) is 0 Å². The molecule has 20 heavy (non-hydrogen) atoms. The van der Waals surface area contributed by atoms with Gasteiger partial charge in [0.05, 0.1) is 0 Å². The molecule has 0 radical (unpaired) electrons. The van der Waals surface area contributed by atoms with Crippen LogP contribution in [-0.4, -0.2) is 37.9 Å². The second kappa shape index (κ2) is 6.87. The maximum atomic E-state index is 12.8. The van der Waals surface area contributed by atoms with Gasteiger partial charge >= 0.3 is 0 Å². The lowest BCUT2D eigenvalue weighted by Crippen LogP contribution is -2.49. The zero-order valence-corrected chi connectivity index (χ0v) is 15.0. The third-order valence-electron chi connectivity index (χ3n) is 3.46. The third-order valence-corrected chi connectivity index (χ3v) is 8.06. The molecule has 1 aliphatic heterocycles. The summed E-state index contributed by atoms with van der Waals surface area (Å²) in [6.07, 6.45) is 2.98. The van der Waals surface area contributed by atoms with Crippen LogP contribution in [0.4, 0.5) is 0 Å². The van der Waals surface area contributed by atoms with Crippen LogP contribution in [0.25, 0.3) is 0 Å². The Morgan fingerprint density at radius 2 is 2.25 bits per heavy atom. The molecule has 1 aromatic rings. The van der Waals surface area contributed by atoms with Crippen molar-refractivity contribution in [3.05, 3.63) is 15.9 Å². The van der Waals surface area contributed by atoms with E-state index in [9.17, 15) is 8.42 Å². The Hall–Kier alpha value is 0.0500. The summed E-state index contributed by atoms with van der Waals surface area (Å²) in [5.41, 5.74) is 0. The SMILES string of the molecule is CC(C)NCC1CCCCN1S(=O)(=O)c1sccc1Br. The van der Waals surface area contributed by atoms with Crippen LogP contribution < -0.4 is 5.32 Å². The number of hydrogen-bond acceptors (Lipinski definition) is 4. The standard InChI is InChI=1S/C13H21BrN2O2S2/c1-10(2)15-9-11-5-3-4-7-16(11)20(17,18)13-12(14)6-8-19-13/h6,8,10-11,15H,3-5,7,9H2,1-2H3. The molecule has 1 aliphatic rings. The van der Waals surface area contributed by atoms with Gasteiger partial charge in [0.15, 0.2) is 0 Å². The monoisotopic (exact) mass is 380 g/mol. The molecule has 2 heterocycles. The molecule has 1 N–H and O–H groups in total. The highest BCUT2D eigenvalue weighted by molar-refractivity contribution is 9.10. The average molecular weight is 381 g/mol. The minimum Gasteiger partial charge on any atom is -0.313 e. The summed E-state index contributed by atoms with van der Waals surface area (Å²) in [7, 11) is -3.38. The van der Waals surface area contributed by atoms with E-state index in [1.807, 2.05) is 5.38 Å². The van der Waals surface area contributed by atoms with Gasteiger partial charge in [0.2, 0.25) is 0 Å². The lowest BCUT2D eigenvalue weighted by Gasteiger charge is -2.35. The average Bonchev–Trinajstić information content (AvgIpc) is 2.83. The van der Waals surface area contributed by atoms with Crippen molar-refractivity contribution in [1.29, 1.82) is 0 Å². The van der Waals surface area contributed by atoms with E-state index in [0.717, 1.165) is 25.8 Å². The topological polar surface area (TPSA) is 49.4 Å². The molecule has 114 valence electrons. The van der Waals surface area contributed by atoms with Crippen molar-refractivity contribution >= 4 is 37.3 Å². The van der Waals surface area contributed by atoms with Gasteiger partial charge in [-0.25, -0.2) is 8.42 Å². The third kappa shape index (κ3) is 3.62. The Kier molecular flexibility index (Phi) is 5.64. The van der Waals surface area contributed by atoms with Crippen LogP contribution in [0, 0.1) is 0 Å². The molecule has 0 aliphatic carbocycles. The van der Waals surface area contributed by atoms with E-state index in [2.05, 4.69) is 35.1 Å². The van der Waals surface area contributed by atoms with Gasteiger partial charge in [-0.05, 0) is 40.2 Å². The van der Waals surface area contributed by atoms with Gasteiger partial charge in [-0.2, -0.15) is 4.31 Å². The molecular formula is C13H21BrN2O2S2. The number of rotatable bonds is 5. The predicted octanol–water partition coefficient (Wildman–Crippen LogP) is 3.05. The Balaban J connectivity index is 2.21. The maximum Gasteiger partial charge on any atom is 0.253 e. The molecule has 1 fully saturated rings. The molecule has 1 unspecified atom stereocenters. The zero-order valence-electron chi connectivity index (χ0n) is 11.8. The molecular weight excluding hydrogens is 360 g/mol. The van der Waals surface area contributed by atoms with Crippen molar-refractivity contribution in [3.8, 4) is 0 Å². The number of sulfonamides is 1. The number of hydrogen-bond donors (Lipinski definition) is 1. The van der Waals surface area contributed by atoms with Gasteiger partial charge in [-0.1, -0.05) is 20.3 Å². The molecule has 2 rings (SSSR count). The molecule has 0 spiro atoms. The first-order valence-electron chi connectivity index (χ1n) is 6.91. The summed E-state index contributed by atoms with van der Waals surface area (Å²) in [5.74, 6) is 0. The first-order chi connectivity index (χ1) is 9.43. The lowest BCUT2D eigenvalue weighted by atomic mass is 10.0. The van der Waals surface area contributed by atoms with Crippen molar-refractivity contribution in [2.24, 2.45) is 0 Å². The number of nitrogens with zero attached hydrogens (tertiary/aromatic N) is 1. The van der Waals surface area contributed by atoms with Crippen molar-refractivity contribution in [2.75, 3.05) is 13.1 Å². The van der Waals surface area contributed by atoms with E-state index >= 15 is 0 Å². The molecule has 0 bridgehead atoms. The van der Waals surface area contributed by atoms with Crippen molar-refractivity contribution in [1.82, 2.24) is 9.62 Å². The van der Waals surface area contributed by atoms with E-state index in [0.29, 0.717) is 21.3 Å². The molecule has 0 amide bonds. The number of piperidine rings is 1. The first kappa shape index (κ1) is 16.4.